The molecule has 1 aliphatic rings. The number of amides is 3. The smallest absolute Gasteiger partial charge is 0.313 e. The van der Waals surface area contributed by atoms with Crippen molar-refractivity contribution in [2.45, 2.75) is 6.54 Å². The van der Waals surface area contributed by atoms with Gasteiger partial charge in [-0.3, -0.25) is 14.8 Å². The molecule has 0 spiro atoms. The third-order valence-corrected chi connectivity index (χ3v) is 1.93. The van der Waals surface area contributed by atoms with Crippen LogP contribution in [0.15, 0.2) is 12.7 Å². The van der Waals surface area contributed by atoms with E-state index in [-0.39, 0.29) is 18.5 Å². The average Bonchev–Trinajstić information content (AvgIpc) is 2.72. The van der Waals surface area contributed by atoms with Crippen molar-refractivity contribution in [2.75, 3.05) is 13.1 Å². The number of aromatic nitrogens is 3. The topological polar surface area (TPSA) is 80.1 Å². The Bertz CT molecular complexity index is 347. The van der Waals surface area contributed by atoms with Gasteiger partial charge in [0, 0.05) is 6.54 Å². The van der Waals surface area contributed by atoms with E-state index < -0.39 is 0 Å². The second kappa shape index (κ2) is 3.44. The molecule has 2 heterocycles. The lowest BCUT2D eigenvalue weighted by atomic mass is 10.5. The van der Waals surface area contributed by atoms with Gasteiger partial charge in [0.15, 0.2) is 0 Å². The summed E-state index contributed by atoms with van der Waals surface area (Å²) in [6.07, 6.45) is 2.99. The number of nitrogens with zero attached hydrogens (tertiary/aromatic N) is 4. The maximum Gasteiger partial charge on any atom is 0.324 e. The first-order chi connectivity index (χ1) is 6.75. The highest BCUT2D eigenvalue weighted by Gasteiger charge is 2.25. The molecule has 0 atom stereocenters. The second-order valence-electron chi connectivity index (χ2n) is 2.93. The van der Waals surface area contributed by atoms with Crippen LogP contribution >= 0.6 is 0 Å². The van der Waals surface area contributed by atoms with E-state index in [1.807, 2.05) is 0 Å². The first-order valence-corrected chi connectivity index (χ1v) is 4.17. The fraction of sp³-hybridized carbons (Fsp3) is 0.429. The van der Waals surface area contributed by atoms with Crippen LogP contribution in [0, 0.1) is 0 Å². The molecule has 1 aromatic heterocycles. The quantitative estimate of drug-likeness (QED) is 0.616. The summed E-state index contributed by atoms with van der Waals surface area (Å²) in [7, 11) is 0. The van der Waals surface area contributed by atoms with E-state index in [0.717, 1.165) is 0 Å². The fourth-order valence-electron chi connectivity index (χ4n) is 1.23. The lowest BCUT2D eigenvalue weighted by Gasteiger charge is -2.11. The number of imide groups is 1. The van der Waals surface area contributed by atoms with Gasteiger partial charge < -0.3 is 4.90 Å². The third kappa shape index (κ3) is 1.70. The van der Waals surface area contributed by atoms with Crippen molar-refractivity contribution in [3.63, 3.8) is 0 Å². The highest BCUT2D eigenvalue weighted by Crippen LogP contribution is 1.97. The molecule has 2 rings (SSSR count). The number of hydrogen-bond acceptors (Lipinski definition) is 4. The van der Waals surface area contributed by atoms with Crippen molar-refractivity contribution in [3.05, 3.63) is 12.7 Å². The van der Waals surface area contributed by atoms with Crippen molar-refractivity contribution in [2.24, 2.45) is 0 Å². The van der Waals surface area contributed by atoms with Crippen molar-refractivity contribution in [1.82, 2.24) is 25.0 Å². The summed E-state index contributed by atoms with van der Waals surface area (Å²) in [6.45, 7) is 1.13. The number of urea groups is 1. The standard InChI is InChI=1S/C7H9N5O2/c13-6-3-11(7(14)10-6)1-2-12-5-8-4-9-12/h4-5H,1-3H2,(H,10,13,14). The Morgan fingerprint density at radius 3 is 2.86 bits per heavy atom. The van der Waals surface area contributed by atoms with Crippen LogP contribution in [0.4, 0.5) is 4.79 Å². The van der Waals surface area contributed by atoms with E-state index in [1.165, 1.54) is 11.2 Å². The first-order valence-electron chi connectivity index (χ1n) is 4.17. The van der Waals surface area contributed by atoms with Crippen LogP contribution in [0.3, 0.4) is 0 Å². The molecule has 1 N–H and O–H groups in total. The van der Waals surface area contributed by atoms with Gasteiger partial charge in [0.05, 0.1) is 6.54 Å². The summed E-state index contributed by atoms with van der Waals surface area (Å²) in [5.74, 6) is -0.256. The molecular weight excluding hydrogens is 186 g/mol. The molecule has 0 radical (unpaired) electrons. The Kier molecular flexibility index (Phi) is 2.13. The summed E-state index contributed by atoms with van der Waals surface area (Å²) < 4.78 is 1.61. The fourth-order valence-corrected chi connectivity index (χ4v) is 1.23. The molecule has 14 heavy (non-hydrogen) atoms. The second-order valence-corrected chi connectivity index (χ2v) is 2.93. The monoisotopic (exact) mass is 195 g/mol. The molecule has 0 bridgehead atoms. The molecular formula is C7H9N5O2. The van der Waals surface area contributed by atoms with Crippen LogP contribution in [0.25, 0.3) is 0 Å². The van der Waals surface area contributed by atoms with Crippen molar-refractivity contribution < 1.29 is 9.59 Å². The Balaban J connectivity index is 1.87. The molecule has 7 heteroatoms. The molecule has 0 unspecified atom stereocenters. The minimum absolute atomic E-state index is 0.132. The highest BCUT2D eigenvalue weighted by atomic mass is 16.2. The number of nitrogens with one attached hydrogen (secondary N) is 1. The summed E-state index contributed by atoms with van der Waals surface area (Å²) in [4.78, 5) is 27.1. The van der Waals surface area contributed by atoms with Gasteiger partial charge in [0.2, 0.25) is 5.91 Å². The third-order valence-electron chi connectivity index (χ3n) is 1.93. The molecule has 1 aliphatic heterocycles. The van der Waals surface area contributed by atoms with Gasteiger partial charge in [0.1, 0.15) is 19.2 Å². The summed E-state index contributed by atoms with van der Waals surface area (Å²) in [6, 6.07) is -0.338. The maximum absolute atomic E-state index is 11.1. The highest BCUT2D eigenvalue weighted by molar-refractivity contribution is 6.01. The van der Waals surface area contributed by atoms with Crippen LogP contribution in [0.5, 0.6) is 0 Å². The number of carbonyl (C=O) groups is 2. The minimum Gasteiger partial charge on any atom is -0.313 e. The van der Waals surface area contributed by atoms with Crippen LogP contribution < -0.4 is 5.32 Å². The molecule has 74 valence electrons. The van der Waals surface area contributed by atoms with Crippen molar-refractivity contribution in [1.29, 1.82) is 0 Å². The van der Waals surface area contributed by atoms with E-state index in [9.17, 15) is 9.59 Å². The Labute approximate surface area is 79.7 Å². The number of hydrogen-bond donors (Lipinski definition) is 1. The summed E-state index contributed by atoms with van der Waals surface area (Å²) in [5.41, 5.74) is 0. The molecule has 0 saturated carbocycles. The molecule has 0 aliphatic carbocycles. The van der Waals surface area contributed by atoms with Crippen LogP contribution in [-0.2, 0) is 11.3 Å². The van der Waals surface area contributed by atoms with E-state index in [4.69, 9.17) is 0 Å². The van der Waals surface area contributed by atoms with E-state index in [0.29, 0.717) is 13.1 Å². The van der Waals surface area contributed by atoms with E-state index in [2.05, 4.69) is 15.4 Å². The van der Waals surface area contributed by atoms with E-state index in [1.54, 1.807) is 11.0 Å². The van der Waals surface area contributed by atoms with Gasteiger partial charge in [-0.2, -0.15) is 5.10 Å². The summed E-state index contributed by atoms with van der Waals surface area (Å²) in [5, 5.41) is 6.08. The molecule has 3 amide bonds. The largest absolute Gasteiger partial charge is 0.324 e. The maximum atomic E-state index is 11.1. The van der Waals surface area contributed by atoms with Gasteiger partial charge in [-0.1, -0.05) is 0 Å². The zero-order valence-corrected chi connectivity index (χ0v) is 7.38. The van der Waals surface area contributed by atoms with Gasteiger partial charge in [-0.15, -0.1) is 0 Å². The average molecular weight is 195 g/mol. The molecule has 1 fully saturated rings. The molecule has 1 aromatic rings. The summed E-state index contributed by atoms with van der Waals surface area (Å²) >= 11 is 0. The van der Waals surface area contributed by atoms with Gasteiger partial charge in [-0.25, -0.2) is 9.78 Å². The molecule has 7 nitrogen and oxygen atoms in total. The lowest BCUT2D eigenvalue weighted by Crippen LogP contribution is -2.31. The predicted molar refractivity (Wildman–Crippen MR) is 45.1 cm³/mol. The number of rotatable bonds is 3. The SMILES string of the molecule is O=C1CN(CCn2cncn2)C(=O)N1. The van der Waals surface area contributed by atoms with Crippen LogP contribution in [-0.4, -0.2) is 44.7 Å². The van der Waals surface area contributed by atoms with Crippen LogP contribution in [0.1, 0.15) is 0 Å². The van der Waals surface area contributed by atoms with Gasteiger partial charge in [-0.05, 0) is 0 Å². The van der Waals surface area contributed by atoms with Gasteiger partial charge >= 0.3 is 6.03 Å². The Hall–Kier alpha value is -1.92. The van der Waals surface area contributed by atoms with Gasteiger partial charge in [0.25, 0.3) is 0 Å². The predicted octanol–water partition coefficient (Wildman–Crippen LogP) is -1.17. The normalized spacial score (nSPS) is 16.1. The van der Waals surface area contributed by atoms with Crippen LogP contribution in [0.2, 0.25) is 0 Å². The van der Waals surface area contributed by atoms with Crippen molar-refractivity contribution >= 4 is 11.9 Å². The first kappa shape index (κ1) is 8.67. The molecule has 1 saturated heterocycles. The Morgan fingerprint density at radius 1 is 1.43 bits per heavy atom. The van der Waals surface area contributed by atoms with Crippen molar-refractivity contribution in [3.8, 4) is 0 Å². The van der Waals surface area contributed by atoms with E-state index >= 15 is 0 Å². The molecule has 0 aromatic carbocycles. The lowest BCUT2D eigenvalue weighted by molar-refractivity contribution is -0.118. The Morgan fingerprint density at radius 2 is 2.29 bits per heavy atom. The zero-order valence-electron chi connectivity index (χ0n) is 7.38. The zero-order chi connectivity index (χ0) is 9.97. The number of carbonyl (C=O) groups excluding carboxylic acids is 2. The minimum atomic E-state index is -0.338.